The van der Waals surface area contributed by atoms with Gasteiger partial charge in [0.1, 0.15) is 3.57 Å². The molecule has 2 N–H and O–H groups in total. The normalized spacial score (nSPS) is 10.1. The molecule has 0 aliphatic carbocycles. The number of nitrogens with zero attached hydrogens (tertiary/aromatic N) is 1. The van der Waals surface area contributed by atoms with E-state index in [9.17, 15) is 4.79 Å². The van der Waals surface area contributed by atoms with Crippen molar-refractivity contribution in [3.8, 4) is 0 Å². The van der Waals surface area contributed by atoms with E-state index in [4.69, 9.17) is 0 Å². The van der Waals surface area contributed by atoms with E-state index in [1.54, 1.807) is 0 Å². The second kappa shape index (κ2) is 4.65. The van der Waals surface area contributed by atoms with Crippen LogP contribution in [0.2, 0.25) is 0 Å². The van der Waals surface area contributed by atoms with Gasteiger partial charge in [0.15, 0.2) is 5.82 Å². The van der Waals surface area contributed by atoms with Crippen molar-refractivity contribution in [2.75, 3.05) is 5.32 Å². The van der Waals surface area contributed by atoms with E-state index in [1.165, 1.54) is 11.9 Å². The third-order valence-electron chi connectivity index (χ3n) is 2.11. The molecule has 0 saturated carbocycles. The summed E-state index contributed by atoms with van der Waals surface area (Å²) >= 11 is 1.97. The Hall–Kier alpha value is -1.37. The van der Waals surface area contributed by atoms with Crippen LogP contribution in [0.5, 0.6) is 0 Å². The summed E-state index contributed by atoms with van der Waals surface area (Å²) in [5, 5.41) is 3.10. The number of aryl methyl sites for hydroxylation is 1. The molecule has 0 bridgehead atoms. The lowest BCUT2D eigenvalue weighted by Gasteiger charge is -2.06. The van der Waals surface area contributed by atoms with Gasteiger partial charge in [-0.15, -0.1) is 0 Å². The van der Waals surface area contributed by atoms with Crippen molar-refractivity contribution in [3.05, 3.63) is 50.1 Å². The SMILES string of the molecule is Cc1ccc(Nc2nc[nH]c(=O)c2I)cc1. The Balaban J connectivity index is 2.30. The van der Waals surface area contributed by atoms with Crippen molar-refractivity contribution in [2.24, 2.45) is 0 Å². The monoisotopic (exact) mass is 327 g/mol. The fraction of sp³-hybridized carbons (Fsp3) is 0.0909. The van der Waals surface area contributed by atoms with Crippen LogP contribution >= 0.6 is 22.6 Å². The van der Waals surface area contributed by atoms with Gasteiger partial charge in [0.2, 0.25) is 0 Å². The molecule has 0 radical (unpaired) electrons. The van der Waals surface area contributed by atoms with E-state index in [2.05, 4.69) is 15.3 Å². The number of H-pyrrole nitrogens is 1. The zero-order valence-corrected chi connectivity index (χ0v) is 10.8. The van der Waals surface area contributed by atoms with Gasteiger partial charge < -0.3 is 10.3 Å². The van der Waals surface area contributed by atoms with Gasteiger partial charge in [-0.25, -0.2) is 4.98 Å². The highest BCUT2D eigenvalue weighted by Crippen LogP contribution is 2.17. The molecule has 4 nitrogen and oxygen atoms in total. The van der Waals surface area contributed by atoms with Gasteiger partial charge in [0, 0.05) is 5.69 Å². The Morgan fingerprint density at radius 3 is 2.69 bits per heavy atom. The molecule has 0 unspecified atom stereocenters. The molecule has 16 heavy (non-hydrogen) atoms. The zero-order valence-electron chi connectivity index (χ0n) is 8.62. The predicted octanol–water partition coefficient (Wildman–Crippen LogP) is 2.43. The molecule has 2 aromatic rings. The van der Waals surface area contributed by atoms with Crippen LogP contribution in [0.3, 0.4) is 0 Å². The molecule has 1 heterocycles. The number of anilines is 2. The second-order valence-corrected chi connectivity index (χ2v) is 4.46. The summed E-state index contributed by atoms with van der Waals surface area (Å²) in [6.45, 7) is 2.03. The quantitative estimate of drug-likeness (QED) is 0.833. The lowest BCUT2D eigenvalue weighted by molar-refractivity contribution is 1.10. The number of hydrogen-bond donors (Lipinski definition) is 2. The molecule has 0 saturated heterocycles. The Kier molecular flexibility index (Phi) is 3.23. The molecule has 0 aliphatic heterocycles. The average molecular weight is 327 g/mol. The Morgan fingerprint density at radius 1 is 1.31 bits per heavy atom. The summed E-state index contributed by atoms with van der Waals surface area (Å²) in [6.07, 6.45) is 1.39. The lowest BCUT2D eigenvalue weighted by Crippen LogP contribution is -2.12. The summed E-state index contributed by atoms with van der Waals surface area (Å²) in [5.74, 6) is 0.577. The first-order valence-electron chi connectivity index (χ1n) is 4.73. The van der Waals surface area contributed by atoms with Crippen molar-refractivity contribution in [2.45, 2.75) is 6.92 Å². The van der Waals surface area contributed by atoms with Crippen LogP contribution in [0.25, 0.3) is 0 Å². The third-order valence-corrected chi connectivity index (χ3v) is 3.11. The highest BCUT2D eigenvalue weighted by molar-refractivity contribution is 14.1. The minimum atomic E-state index is -0.134. The summed E-state index contributed by atoms with van der Waals surface area (Å²) in [4.78, 5) is 17.9. The topological polar surface area (TPSA) is 57.8 Å². The van der Waals surface area contributed by atoms with E-state index < -0.39 is 0 Å². The fourth-order valence-electron chi connectivity index (χ4n) is 1.24. The second-order valence-electron chi connectivity index (χ2n) is 3.39. The number of hydrogen-bond acceptors (Lipinski definition) is 3. The maximum absolute atomic E-state index is 11.3. The van der Waals surface area contributed by atoms with E-state index in [0.717, 1.165) is 5.69 Å². The van der Waals surface area contributed by atoms with Gasteiger partial charge in [-0.1, -0.05) is 17.7 Å². The standard InChI is InChI=1S/C11H10IN3O/c1-7-2-4-8(5-3-7)15-10-9(12)11(16)14-6-13-10/h2-6H,1H3,(H2,13,14,15,16). The first-order chi connectivity index (χ1) is 7.66. The molecule has 2 rings (SSSR count). The largest absolute Gasteiger partial charge is 0.339 e. The highest BCUT2D eigenvalue weighted by Gasteiger charge is 2.04. The molecule has 82 valence electrons. The van der Waals surface area contributed by atoms with Gasteiger partial charge in [-0.2, -0.15) is 0 Å². The van der Waals surface area contributed by atoms with E-state index in [0.29, 0.717) is 9.39 Å². The molecular formula is C11H10IN3O. The van der Waals surface area contributed by atoms with Crippen LogP contribution in [0, 0.1) is 10.5 Å². The molecule has 1 aromatic heterocycles. The number of aromatic amines is 1. The van der Waals surface area contributed by atoms with E-state index in [-0.39, 0.29) is 5.56 Å². The minimum absolute atomic E-state index is 0.134. The van der Waals surface area contributed by atoms with E-state index in [1.807, 2.05) is 53.8 Å². The number of benzene rings is 1. The Morgan fingerprint density at radius 2 is 2.00 bits per heavy atom. The van der Waals surface area contributed by atoms with Crippen molar-refractivity contribution < 1.29 is 0 Å². The van der Waals surface area contributed by atoms with Crippen LogP contribution in [-0.2, 0) is 0 Å². The molecular weight excluding hydrogens is 317 g/mol. The smallest absolute Gasteiger partial charge is 0.266 e. The van der Waals surface area contributed by atoms with Gasteiger partial charge in [0.25, 0.3) is 5.56 Å². The molecule has 0 amide bonds. The summed E-state index contributed by atoms with van der Waals surface area (Å²) < 4.78 is 0.556. The van der Waals surface area contributed by atoms with Crippen molar-refractivity contribution >= 4 is 34.1 Å². The van der Waals surface area contributed by atoms with Crippen molar-refractivity contribution in [1.82, 2.24) is 9.97 Å². The first kappa shape index (κ1) is 11.1. The molecule has 0 spiro atoms. The lowest BCUT2D eigenvalue weighted by atomic mass is 10.2. The Labute approximate surface area is 106 Å². The fourth-order valence-corrected chi connectivity index (χ4v) is 1.67. The van der Waals surface area contributed by atoms with Crippen molar-refractivity contribution in [1.29, 1.82) is 0 Å². The number of rotatable bonds is 2. The van der Waals surface area contributed by atoms with E-state index >= 15 is 0 Å². The van der Waals surface area contributed by atoms with Crippen LogP contribution in [0.15, 0.2) is 35.4 Å². The summed E-state index contributed by atoms with van der Waals surface area (Å²) in [7, 11) is 0. The Bertz CT molecular complexity index is 548. The average Bonchev–Trinajstić information content (AvgIpc) is 2.28. The van der Waals surface area contributed by atoms with Gasteiger partial charge in [-0.05, 0) is 41.6 Å². The highest BCUT2D eigenvalue weighted by atomic mass is 127. The third kappa shape index (κ3) is 2.41. The maximum atomic E-state index is 11.3. The molecule has 0 fully saturated rings. The zero-order chi connectivity index (χ0) is 11.5. The maximum Gasteiger partial charge on any atom is 0.266 e. The van der Waals surface area contributed by atoms with Crippen LogP contribution in [-0.4, -0.2) is 9.97 Å². The molecule has 0 aliphatic rings. The predicted molar refractivity (Wildman–Crippen MR) is 72.0 cm³/mol. The van der Waals surface area contributed by atoms with Gasteiger partial charge in [-0.3, -0.25) is 4.79 Å². The van der Waals surface area contributed by atoms with Gasteiger partial charge >= 0.3 is 0 Å². The molecule has 5 heteroatoms. The van der Waals surface area contributed by atoms with Crippen LogP contribution in [0.4, 0.5) is 11.5 Å². The molecule has 1 aromatic carbocycles. The van der Waals surface area contributed by atoms with Gasteiger partial charge in [0.05, 0.1) is 6.33 Å². The summed E-state index contributed by atoms with van der Waals surface area (Å²) in [6, 6.07) is 7.91. The van der Waals surface area contributed by atoms with Crippen LogP contribution < -0.4 is 10.9 Å². The number of aromatic nitrogens is 2. The number of halogens is 1. The minimum Gasteiger partial charge on any atom is -0.339 e. The molecule has 0 atom stereocenters. The van der Waals surface area contributed by atoms with Crippen molar-refractivity contribution in [3.63, 3.8) is 0 Å². The summed E-state index contributed by atoms with van der Waals surface area (Å²) in [5.41, 5.74) is 1.98. The van der Waals surface area contributed by atoms with Crippen LogP contribution in [0.1, 0.15) is 5.56 Å². The first-order valence-corrected chi connectivity index (χ1v) is 5.81. The number of nitrogens with one attached hydrogen (secondary N) is 2.